The molecule has 0 radical (unpaired) electrons. The Morgan fingerprint density at radius 3 is 2.90 bits per heavy atom. The lowest BCUT2D eigenvalue weighted by Crippen LogP contribution is -2.10. The van der Waals surface area contributed by atoms with Crippen molar-refractivity contribution in [2.45, 2.75) is 32.6 Å². The van der Waals surface area contributed by atoms with Crippen LogP contribution in [0.2, 0.25) is 0 Å². The van der Waals surface area contributed by atoms with E-state index in [1.807, 2.05) is 25.3 Å². The predicted molar refractivity (Wildman–Crippen MR) is 116 cm³/mol. The molecule has 0 amide bonds. The summed E-state index contributed by atoms with van der Waals surface area (Å²) >= 11 is 0. The number of carbonyl (C=O) groups is 1. The average Bonchev–Trinajstić information content (AvgIpc) is 3.42. The Labute approximate surface area is 179 Å². The van der Waals surface area contributed by atoms with Crippen molar-refractivity contribution in [3.8, 4) is 11.8 Å². The van der Waals surface area contributed by atoms with Crippen molar-refractivity contribution in [2.75, 3.05) is 13.7 Å². The molecule has 2 heterocycles. The predicted octanol–water partition coefficient (Wildman–Crippen LogP) is 4.97. The summed E-state index contributed by atoms with van der Waals surface area (Å²) in [4.78, 5) is 20.1. The highest BCUT2D eigenvalue weighted by Crippen LogP contribution is 2.41. The number of aromatic amines is 1. The van der Waals surface area contributed by atoms with Gasteiger partial charge in [-0.05, 0) is 56.2 Å². The molecule has 0 spiro atoms. The molecule has 4 rings (SSSR count). The molecule has 7 heteroatoms. The number of aryl methyl sites for hydroxylation is 1. The van der Waals surface area contributed by atoms with Gasteiger partial charge < -0.3 is 18.9 Å². The van der Waals surface area contributed by atoms with E-state index >= 15 is 0 Å². The second kappa shape index (κ2) is 8.52. The molecule has 31 heavy (non-hydrogen) atoms. The van der Waals surface area contributed by atoms with E-state index in [1.54, 1.807) is 32.2 Å². The molecular weight excluding hydrogens is 394 g/mol. The number of esters is 1. The van der Waals surface area contributed by atoms with Gasteiger partial charge in [-0.1, -0.05) is 0 Å². The molecule has 2 aromatic carbocycles. The monoisotopic (exact) mass is 417 g/mol. The van der Waals surface area contributed by atoms with E-state index in [0.29, 0.717) is 41.3 Å². The van der Waals surface area contributed by atoms with E-state index in [9.17, 15) is 10.1 Å². The number of nitrogens with one attached hydrogen (secondary N) is 1. The molecule has 7 nitrogen and oxygen atoms in total. The Bertz CT molecular complexity index is 1300. The summed E-state index contributed by atoms with van der Waals surface area (Å²) < 4.78 is 17.0. The van der Waals surface area contributed by atoms with Gasteiger partial charge in [0.05, 0.1) is 31.3 Å². The van der Waals surface area contributed by atoms with E-state index in [2.05, 4.69) is 16.0 Å². The first kappa shape index (κ1) is 20.5. The first-order valence-electron chi connectivity index (χ1n) is 10.2. The van der Waals surface area contributed by atoms with Crippen molar-refractivity contribution < 1.29 is 18.7 Å². The van der Waals surface area contributed by atoms with Gasteiger partial charge in [0, 0.05) is 29.1 Å². The lowest BCUT2D eigenvalue weighted by Gasteiger charge is -2.19. The lowest BCUT2D eigenvalue weighted by molar-refractivity contribution is -0.143. The highest BCUT2D eigenvalue weighted by Gasteiger charge is 2.28. The third-order valence-corrected chi connectivity index (χ3v) is 5.39. The van der Waals surface area contributed by atoms with Crippen LogP contribution in [0.15, 0.2) is 40.9 Å². The number of nitriles is 1. The van der Waals surface area contributed by atoms with Crippen LogP contribution in [-0.4, -0.2) is 29.7 Å². The molecule has 0 saturated heterocycles. The third-order valence-electron chi connectivity index (χ3n) is 5.39. The van der Waals surface area contributed by atoms with Crippen LogP contribution in [0.4, 0.5) is 0 Å². The van der Waals surface area contributed by atoms with Gasteiger partial charge in [0.1, 0.15) is 11.3 Å². The zero-order valence-corrected chi connectivity index (χ0v) is 17.7. The van der Waals surface area contributed by atoms with E-state index in [-0.39, 0.29) is 18.3 Å². The molecule has 4 aromatic rings. The van der Waals surface area contributed by atoms with Gasteiger partial charge in [-0.15, -0.1) is 0 Å². The van der Waals surface area contributed by atoms with E-state index in [1.165, 1.54) is 0 Å². The normalized spacial score (nSPS) is 12.1. The summed E-state index contributed by atoms with van der Waals surface area (Å²) in [5.41, 5.74) is 4.66. The van der Waals surface area contributed by atoms with Crippen LogP contribution in [0.25, 0.3) is 22.0 Å². The summed E-state index contributed by atoms with van der Waals surface area (Å²) in [6, 6.07) is 11.2. The third kappa shape index (κ3) is 3.84. The van der Waals surface area contributed by atoms with Crippen LogP contribution in [0, 0.1) is 18.3 Å². The Morgan fingerprint density at radius 2 is 2.16 bits per heavy atom. The minimum atomic E-state index is -0.337. The second-order valence-electron chi connectivity index (χ2n) is 7.32. The van der Waals surface area contributed by atoms with Gasteiger partial charge in [0.2, 0.25) is 5.89 Å². The van der Waals surface area contributed by atoms with Crippen molar-refractivity contribution in [3.63, 3.8) is 0 Å². The number of benzene rings is 2. The molecule has 0 aliphatic heterocycles. The number of H-pyrrole nitrogens is 1. The number of methoxy groups -OCH3 is 1. The largest absolute Gasteiger partial charge is 0.496 e. The molecule has 2 aromatic heterocycles. The fourth-order valence-corrected chi connectivity index (χ4v) is 3.98. The number of oxazole rings is 1. The highest BCUT2D eigenvalue weighted by atomic mass is 16.5. The maximum absolute atomic E-state index is 12.1. The number of aromatic nitrogens is 2. The number of fused-ring (bicyclic) bond motifs is 2. The summed E-state index contributed by atoms with van der Waals surface area (Å²) in [6.07, 6.45) is 2.54. The smallest absolute Gasteiger partial charge is 0.305 e. The fourth-order valence-electron chi connectivity index (χ4n) is 3.98. The van der Waals surface area contributed by atoms with Crippen LogP contribution in [0.1, 0.15) is 48.3 Å². The molecule has 158 valence electrons. The van der Waals surface area contributed by atoms with Crippen molar-refractivity contribution in [2.24, 2.45) is 0 Å². The van der Waals surface area contributed by atoms with Crippen LogP contribution < -0.4 is 4.74 Å². The Kier molecular flexibility index (Phi) is 5.63. The minimum absolute atomic E-state index is 0.212. The van der Waals surface area contributed by atoms with Gasteiger partial charge in [0.15, 0.2) is 5.58 Å². The number of carbonyl (C=O) groups excluding carboxylic acids is 1. The first-order valence-corrected chi connectivity index (χ1v) is 10.2. The quantitative estimate of drug-likeness (QED) is 0.426. The summed E-state index contributed by atoms with van der Waals surface area (Å²) in [5.74, 6) is 0.570. The Morgan fingerprint density at radius 1 is 1.32 bits per heavy atom. The summed E-state index contributed by atoms with van der Waals surface area (Å²) in [7, 11) is 1.63. The van der Waals surface area contributed by atoms with Gasteiger partial charge in [-0.3, -0.25) is 4.79 Å². The SMILES string of the molecule is CCOC(=O)CCC(c1nc2cc(C#N)ccc2o1)c1c(OC)cc(C)c2[nH]ccc12. The van der Waals surface area contributed by atoms with Crippen LogP contribution in [0.3, 0.4) is 0 Å². The standard InChI is InChI=1S/C24H23N3O4/c1-4-30-21(28)8-6-17(24-27-18-12-15(13-25)5-7-19(18)31-24)22-16-9-10-26-23(16)14(2)11-20(22)29-3/h5,7,9-12,17,26H,4,6,8H2,1-3H3. The molecular formula is C24H23N3O4. The van der Waals surface area contributed by atoms with E-state index < -0.39 is 0 Å². The van der Waals surface area contributed by atoms with E-state index in [4.69, 9.17) is 13.9 Å². The molecule has 1 atom stereocenters. The Balaban J connectivity index is 1.87. The molecule has 0 aliphatic rings. The highest BCUT2D eigenvalue weighted by molar-refractivity contribution is 5.89. The number of ether oxygens (including phenoxy) is 2. The maximum atomic E-state index is 12.1. The van der Waals surface area contributed by atoms with Crippen LogP contribution >= 0.6 is 0 Å². The van der Waals surface area contributed by atoms with Crippen LogP contribution in [-0.2, 0) is 9.53 Å². The van der Waals surface area contributed by atoms with E-state index in [0.717, 1.165) is 22.0 Å². The van der Waals surface area contributed by atoms with Crippen molar-refractivity contribution in [3.05, 3.63) is 59.1 Å². The number of hydrogen-bond donors (Lipinski definition) is 1. The lowest BCUT2D eigenvalue weighted by atomic mass is 9.89. The maximum Gasteiger partial charge on any atom is 0.305 e. The minimum Gasteiger partial charge on any atom is -0.496 e. The first-order chi connectivity index (χ1) is 15.0. The zero-order chi connectivity index (χ0) is 22.0. The zero-order valence-electron chi connectivity index (χ0n) is 17.7. The average molecular weight is 417 g/mol. The molecule has 0 bridgehead atoms. The number of hydrogen-bond acceptors (Lipinski definition) is 6. The summed E-state index contributed by atoms with van der Waals surface area (Å²) in [6.45, 7) is 4.14. The van der Waals surface area contributed by atoms with Gasteiger partial charge in [0.25, 0.3) is 0 Å². The molecule has 0 fully saturated rings. The van der Waals surface area contributed by atoms with Crippen molar-refractivity contribution in [1.82, 2.24) is 9.97 Å². The molecule has 1 N–H and O–H groups in total. The topological polar surface area (TPSA) is 101 Å². The van der Waals surface area contributed by atoms with Gasteiger partial charge >= 0.3 is 5.97 Å². The van der Waals surface area contributed by atoms with Crippen LogP contribution in [0.5, 0.6) is 5.75 Å². The Hall–Kier alpha value is -3.79. The summed E-state index contributed by atoms with van der Waals surface area (Å²) in [5, 5.41) is 10.2. The van der Waals surface area contributed by atoms with Crippen molar-refractivity contribution in [1.29, 1.82) is 5.26 Å². The second-order valence-corrected chi connectivity index (χ2v) is 7.32. The van der Waals surface area contributed by atoms with Gasteiger partial charge in [-0.25, -0.2) is 4.98 Å². The fraction of sp³-hybridized carbons (Fsp3) is 0.292. The molecule has 0 saturated carbocycles. The van der Waals surface area contributed by atoms with Gasteiger partial charge in [-0.2, -0.15) is 5.26 Å². The molecule has 1 unspecified atom stereocenters. The number of nitrogens with zero attached hydrogens (tertiary/aromatic N) is 2. The molecule has 0 aliphatic carbocycles. The van der Waals surface area contributed by atoms with Crippen molar-refractivity contribution >= 4 is 28.0 Å². The number of rotatable bonds is 7.